The summed E-state index contributed by atoms with van der Waals surface area (Å²) in [6.07, 6.45) is -8.44. The van der Waals surface area contributed by atoms with Gasteiger partial charge in [0.1, 0.15) is 23.0 Å². The molecule has 0 radical (unpaired) electrons. The second-order valence-electron chi connectivity index (χ2n) is 10.4. The minimum absolute atomic E-state index is 0.0366. The van der Waals surface area contributed by atoms with Gasteiger partial charge in [-0.25, -0.2) is 0 Å². The topological polar surface area (TPSA) is 90.1 Å². The molecule has 232 valence electrons. The maximum atomic E-state index is 15.6. The zero-order valence-electron chi connectivity index (χ0n) is 24.4. The van der Waals surface area contributed by atoms with Gasteiger partial charge in [0.2, 0.25) is 5.41 Å². The Kier molecular flexibility index (Phi) is 8.92. The van der Waals surface area contributed by atoms with Crippen LogP contribution in [0.1, 0.15) is 33.4 Å². The summed E-state index contributed by atoms with van der Waals surface area (Å²) < 4.78 is 105. The average Bonchev–Trinajstić information content (AvgIpc) is 2.93. The number of anilines is 2. The van der Waals surface area contributed by atoms with Crippen LogP contribution in [0, 0.1) is 50.6 Å². The van der Waals surface area contributed by atoms with E-state index in [4.69, 9.17) is 20.0 Å². The van der Waals surface area contributed by atoms with Crippen LogP contribution < -0.4 is 20.1 Å². The molecule has 0 saturated heterocycles. The van der Waals surface area contributed by atoms with Crippen molar-refractivity contribution in [2.24, 2.45) is 0 Å². The number of hydrogen-bond acceptors (Lipinski definition) is 6. The van der Waals surface area contributed by atoms with Crippen LogP contribution in [-0.4, -0.2) is 12.4 Å². The number of alkyl halides is 6. The Balaban J connectivity index is 2.06. The van der Waals surface area contributed by atoms with Gasteiger partial charge in [0.25, 0.3) is 0 Å². The molecule has 45 heavy (non-hydrogen) atoms. The highest BCUT2D eigenvalue weighted by molar-refractivity contribution is 5.62. The molecular weight excluding hydrogens is 598 g/mol. The van der Waals surface area contributed by atoms with Gasteiger partial charge in [-0.1, -0.05) is 35.4 Å². The van der Waals surface area contributed by atoms with Crippen LogP contribution >= 0.6 is 0 Å². The highest BCUT2D eigenvalue weighted by atomic mass is 19.4. The van der Waals surface area contributed by atoms with Crippen molar-refractivity contribution in [2.45, 2.75) is 45.5 Å². The fourth-order valence-corrected chi connectivity index (χ4v) is 5.23. The van der Waals surface area contributed by atoms with E-state index in [0.717, 1.165) is 12.1 Å². The molecule has 0 aromatic heterocycles. The number of aryl methyl sites for hydroxylation is 4. The molecule has 0 atom stereocenters. The molecule has 0 aliphatic heterocycles. The van der Waals surface area contributed by atoms with Gasteiger partial charge in [0, 0.05) is 22.5 Å². The van der Waals surface area contributed by atoms with Crippen molar-refractivity contribution in [3.8, 4) is 35.4 Å². The number of nitrogens with one attached hydrogen (secondary N) is 2. The van der Waals surface area contributed by atoms with E-state index in [2.05, 4.69) is 10.6 Å². The molecule has 4 rings (SSSR count). The van der Waals surface area contributed by atoms with Crippen molar-refractivity contribution < 1.29 is 35.8 Å². The summed E-state index contributed by atoms with van der Waals surface area (Å²) in [6.45, 7) is 5.53. The third-order valence-electron chi connectivity index (χ3n) is 7.05. The lowest BCUT2D eigenvalue weighted by Crippen LogP contribution is -2.55. The van der Waals surface area contributed by atoms with Gasteiger partial charge in [-0.05, 0) is 87.4 Å². The summed E-state index contributed by atoms with van der Waals surface area (Å²) in [5.74, 6) is -1.36. The van der Waals surface area contributed by atoms with Gasteiger partial charge < -0.3 is 9.47 Å². The number of rotatable bonds is 8. The lowest BCUT2D eigenvalue weighted by Gasteiger charge is -2.40. The van der Waals surface area contributed by atoms with Crippen LogP contribution in [0.2, 0.25) is 0 Å². The van der Waals surface area contributed by atoms with Gasteiger partial charge in [0.15, 0.2) is 12.4 Å². The molecule has 4 aromatic rings. The van der Waals surface area contributed by atoms with Crippen LogP contribution in [0.15, 0.2) is 72.8 Å². The van der Waals surface area contributed by atoms with E-state index in [0.29, 0.717) is 11.4 Å². The van der Waals surface area contributed by atoms with Crippen LogP contribution in [0.25, 0.3) is 0 Å². The van der Waals surface area contributed by atoms with E-state index in [1.807, 2.05) is 0 Å². The monoisotopic (exact) mass is 624 g/mol. The van der Waals surface area contributed by atoms with Crippen molar-refractivity contribution in [1.82, 2.24) is 0 Å². The molecule has 0 saturated carbocycles. The Labute approximate surface area is 255 Å². The SMILES string of the molecule is Cc1cc(C)c(Oc2ccc(NC#N)cc2)c(C(c2cc(C)cc(C)c2Oc2ccc(NC#N)cc2)(C(F)(F)F)C(F)(F)F)c1. The molecule has 0 unspecified atom stereocenters. The van der Waals surface area contributed by atoms with Crippen LogP contribution in [-0.2, 0) is 5.41 Å². The first-order valence-electron chi connectivity index (χ1n) is 13.3. The standard InChI is InChI=1S/C33H26F6N4O2/c1-19-13-21(3)29(44-25-9-5-23(6-10-25)42-17-40)27(15-19)31(32(34,35)36,33(37,38)39)28-16-20(2)14-22(4)30(28)45-26-11-7-24(8-12-26)43-18-41/h5-16,42-43H,1-4H3. The van der Waals surface area contributed by atoms with Gasteiger partial charge >= 0.3 is 12.4 Å². The number of halogens is 6. The molecule has 0 amide bonds. The maximum absolute atomic E-state index is 15.6. The smallest absolute Gasteiger partial charge is 0.411 e. The number of nitriles is 2. The highest BCUT2D eigenvalue weighted by Crippen LogP contribution is 2.61. The molecule has 0 aliphatic rings. The van der Waals surface area contributed by atoms with Crippen LogP contribution in [0.5, 0.6) is 23.0 Å². The van der Waals surface area contributed by atoms with Gasteiger partial charge in [-0.15, -0.1) is 0 Å². The molecular formula is C33H26F6N4O2. The lowest BCUT2D eigenvalue weighted by molar-refractivity contribution is -0.289. The molecule has 0 aliphatic carbocycles. The van der Waals surface area contributed by atoms with Crippen molar-refractivity contribution in [2.75, 3.05) is 10.6 Å². The van der Waals surface area contributed by atoms with E-state index in [1.165, 1.54) is 88.4 Å². The molecule has 0 fully saturated rings. The van der Waals surface area contributed by atoms with E-state index in [9.17, 15) is 0 Å². The highest BCUT2D eigenvalue weighted by Gasteiger charge is 2.74. The summed E-state index contributed by atoms with van der Waals surface area (Å²) in [7, 11) is 0. The average molecular weight is 625 g/mol. The fraction of sp³-hybridized carbons (Fsp3) is 0.212. The Morgan fingerprint density at radius 1 is 0.556 bits per heavy atom. The summed E-state index contributed by atoms with van der Waals surface area (Å²) >= 11 is 0. The van der Waals surface area contributed by atoms with Crippen molar-refractivity contribution >= 4 is 11.4 Å². The van der Waals surface area contributed by atoms with Crippen molar-refractivity contribution in [3.63, 3.8) is 0 Å². The fourth-order valence-electron chi connectivity index (χ4n) is 5.23. The summed E-state index contributed by atoms with van der Waals surface area (Å²) in [6, 6.07) is 15.4. The number of benzene rings is 4. The minimum Gasteiger partial charge on any atom is -0.457 e. The van der Waals surface area contributed by atoms with Crippen LogP contribution in [0.4, 0.5) is 37.7 Å². The quantitative estimate of drug-likeness (QED) is 0.115. The van der Waals surface area contributed by atoms with E-state index < -0.39 is 40.4 Å². The van der Waals surface area contributed by atoms with Crippen molar-refractivity contribution in [3.05, 3.63) is 106 Å². The molecule has 2 N–H and O–H groups in total. The second-order valence-corrected chi connectivity index (χ2v) is 10.4. The van der Waals surface area contributed by atoms with E-state index in [1.54, 1.807) is 12.4 Å². The number of nitrogens with zero attached hydrogens (tertiary/aromatic N) is 2. The maximum Gasteiger partial charge on any atom is 0.411 e. The summed E-state index contributed by atoms with van der Waals surface area (Å²) in [4.78, 5) is 0. The Morgan fingerprint density at radius 3 is 1.18 bits per heavy atom. The molecule has 0 spiro atoms. The second kappa shape index (κ2) is 12.3. The number of hydrogen-bond donors (Lipinski definition) is 2. The van der Waals surface area contributed by atoms with Gasteiger partial charge in [0.05, 0.1) is 0 Å². The first kappa shape index (κ1) is 32.6. The molecule has 0 heterocycles. The van der Waals surface area contributed by atoms with Crippen LogP contribution in [0.3, 0.4) is 0 Å². The zero-order valence-corrected chi connectivity index (χ0v) is 24.4. The third-order valence-corrected chi connectivity index (χ3v) is 7.05. The largest absolute Gasteiger partial charge is 0.457 e. The Morgan fingerprint density at radius 2 is 0.889 bits per heavy atom. The normalized spacial score (nSPS) is 11.7. The predicted octanol–water partition coefficient (Wildman–Crippen LogP) is 9.70. The summed E-state index contributed by atoms with van der Waals surface area (Å²) in [5, 5.41) is 22.4. The summed E-state index contributed by atoms with van der Waals surface area (Å²) in [5.41, 5.74) is -5.88. The molecule has 4 aromatic carbocycles. The lowest BCUT2D eigenvalue weighted by atomic mass is 9.70. The van der Waals surface area contributed by atoms with Crippen molar-refractivity contribution in [1.29, 1.82) is 10.5 Å². The zero-order chi connectivity index (χ0) is 33.2. The minimum atomic E-state index is -5.94. The predicted molar refractivity (Wildman–Crippen MR) is 156 cm³/mol. The Bertz CT molecular complexity index is 1650. The number of ether oxygens (including phenoxy) is 2. The third kappa shape index (κ3) is 6.31. The molecule has 0 bridgehead atoms. The van der Waals surface area contributed by atoms with Gasteiger partial charge in [-0.3, -0.25) is 10.6 Å². The van der Waals surface area contributed by atoms with E-state index >= 15 is 26.3 Å². The van der Waals surface area contributed by atoms with E-state index in [-0.39, 0.29) is 33.8 Å². The first-order valence-corrected chi connectivity index (χ1v) is 13.3. The Hall–Kier alpha value is -5.36. The molecule has 6 nitrogen and oxygen atoms in total. The first-order chi connectivity index (χ1) is 21.1. The van der Waals surface area contributed by atoms with Gasteiger partial charge in [-0.2, -0.15) is 36.9 Å². The molecule has 12 heteroatoms.